The van der Waals surface area contributed by atoms with Gasteiger partial charge in [-0.15, -0.1) is 0 Å². The maximum Gasteiger partial charge on any atom is 0.248 e. The molecule has 0 fully saturated rings. The predicted molar refractivity (Wildman–Crippen MR) is 115 cm³/mol. The van der Waals surface area contributed by atoms with Crippen LogP contribution in [0.25, 0.3) is 12.2 Å². The Labute approximate surface area is 164 Å². The number of rotatable bonds is 6. The molecule has 3 aromatic rings. The van der Waals surface area contributed by atoms with Gasteiger partial charge >= 0.3 is 0 Å². The quantitative estimate of drug-likeness (QED) is 0.602. The van der Waals surface area contributed by atoms with Crippen LogP contribution in [0.3, 0.4) is 0 Å². The lowest BCUT2D eigenvalue weighted by Gasteiger charge is -2.01. The number of hydrogen-bond donors (Lipinski definition) is 2. The summed E-state index contributed by atoms with van der Waals surface area (Å²) < 4.78 is 0. The minimum absolute atomic E-state index is 0.187. The van der Waals surface area contributed by atoms with Crippen LogP contribution in [0.4, 0.5) is 11.4 Å². The van der Waals surface area contributed by atoms with Crippen molar-refractivity contribution >= 4 is 35.3 Å². The molecule has 0 atom stereocenters. The number of carbonyl (C=O) groups is 2. The molecule has 138 valence electrons. The van der Waals surface area contributed by atoms with Crippen molar-refractivity contribution in [3.05, 3.63) is 108 Å². The van der Waals surface area contributed by atoms with Crippen LogP contribution >= 0.6 is 0 Å². The molecule has 2 amide bonds. The van der Waals surface area contributed by atoms with E-state index in [2.05, 4.69) is 10.6 Å². The zero-order chi connectivity index (χ0) is 19.6. The fourth-order valence-electron chi connectivity index (χ4n) is 2.47. The van der Waals surface area contributed by atoms with Crippen LogP contribution in [0.2, 0.25) is 0 Å². The maximum atomic E-state index is 11.9. The molecule has 0 spiro atoms. The molecular formula is C24H20N2O2. The van der Waals surface area contributed by atoms with Gasteiger partial charge in [-0.3, -0.25) is 9.59 Å². The van der Waals surface area contributed by atoms with Gasteiger partial charge in [-0.05, 0) is 47.5 Å². The summed E-state index contributed by atoms with van der Waals surface area (Å²) >= 11 is 0. The van der Waals surface area contributed by atoms with Gasteiger partial charge in [0.05, 0.1) is 0 Å². The molecule has 0 radical (unpaired) electrons. The normalized spacial score (nSPS) is 10.9. The predicted octanol–water partition coefficient (Wildman–Crippen LogP) is 4.99. The Hall–Kier alpha value is -3.92. The van der Waals surface area contributed by atoms with E-state index in [1.807, 2.05) is 84.9 Å². The summed E-state index contributed by atoms with van der Waals surface area (Å²) in [6, 6.07) is 26.2. The van der Waals surface area contributed by atoms with E-state index in [1.165, 1.54) is 12.2 Å². The second kappa shape index (κ2) is 9.69. The van der Waals surface area contributed by atoms with Gasteiger partial charge < -0.3 is 10.6 Å². The minimum atomic E-state index is -0.187. The highest BCUT2D eigenvalue weighted by molar-refractivity contribution is 6.02. The minimum Gasteiger partial charge on any atom is -0.323 e. The highest BCUT2D eigenvalue weighted by atomic mass is 16.2. The smallest absolute Gasteiger partial charge is 0.248 e. The summed E-state index contributed by atoms with van der Waals surface area (Å²) in [6.07, 6.45) is 6.47. The zero-order valence-corrected chi connectivity index (χ0v) is 15.2. The molecule has 0 aromatic heterocycles. The number of carbonyl (C=O) groups excluding carboxylic acids is 2. The molecule has 0 aliphatic carbocycles. The van der Waals surface area contributed by atoms with E-state index in [9.17, 15) is 9.59 Å². The van der Waals surface area contributed by atoms with E-state index in [0.717, 1.165) is 22.5 Å². The summed E-state index contributed by atoms with van der Waals surface area (Å²) in [5.74, 6) is -0.375. The third-order valence-electron chi connectivity index (χ3n) is 3.87. The van der Waals surface area contributed by atoms with Crippen LogP contribution in [-0.4, -0.2) is 11.8 Å². The number of amides is 2. The van der Waals surface area contributed by atoms with Crippen molar-refractivity contribution in [2.75, 3.05) is 10.6 Å². The van der Waals surface area contributed by atoms with E-state index < -0.39 is 0 Å². The first-order valence-corrected chi connectivity index (χ1v) is 8.87. The molecule has 0 heterocycles. The summed E-state index contributed by atoms with van der Waals surface area (Å²) in [5.41, 5.74) is 3.31. The third-order valence-corrected chi connectivity index (χ3v) is 3.87. The molecule has 0 bridgehead atoms. The van der Waals surface area contributed by atoms with Gasteiger partial charge in [-0.1, -0.05) is 60.7 Å². The second-order valence-corrected chi connectivity index (χ2v) is 6.04. The maximum absolute atomic E-state index is 11.9. The fraction of sp³-hybridized carbons (Fsp3) is 0. The number of anilines is 2. The standard InChI is InChI=1S/C24H20N2O2/c27-23(25-21-7-3-1-4-8-21)17-15-19-11-13-20(14-12-19)16-18-24(28)26-22-9-5-2-6-10-22/h1-18H,(H,25,27)(H,26,28). The van der Waals surface area contributed by atoms with Crippen molar-refractivity contribution in [1.29, 1.82) is 0 Å². The lowest BCUT2D eigenvalue weighted by atomic mass is 10.1. The van der Waals surface area contributed by atoms with E-state index in [0.29, 0.717) is 0 Å². The zero-order valence-electron chi connectivity index (χ0n) is 15.2. The van der Waals surface area contributed by atoms with Crippen molar-refractivity contribution in [3.63, 3.8) is 0 Å². The van der Waals surface area contributed by atoms with E-state index in [-0.39, 0.29) is 11.8 Å². The Bertz CT molecular complexity index is 894. The molecule has 28 heavy (non-hydrogen) atoms. The van der Waals surface area contributed by atoms with Gasteiger partial charge in [0.1, 0.15) is 0 Å². The lowest BCUT2D eigenvalue weighted by Crippen LogP contribution is -2.07. The number of para-hydroxylation sites is 2. The summed E-state index contributed by atoms with van der Waals surface area (Å²) in [4.78, 5) is 23.9. The van der Waals surface area contributed by atoms with Crippen LogP contribution in [0.1, 0.15) is 11.1 Å². The summed E-state index contributed by atoms with van der Waals surface area (Å²) in [5, 5.41) is 5.59. The molecule has 4 nitrogen and oxygen atoms in total. The molecule has 0 saturated heterocycles. The SMILES string of the molecule is O=C(C=Cc1ccc(C=CC(=O)Nc2ccccc2)cc1)Nc1ccccc1. The van der Waals surface area contributed by atoms with Gasteiger partial charge in [-0.2, -0.15) is 0 Å². The Kier molecular flexibility index (Phi) is 6.53. The van der Waals surface area contributed by atoms with Crippen LogP contribution in [0.15, 0.2) is 97.1 Å². The van der Waals surface area contributed by atoms with Crippen molar-refractivity contribution in [1.82, 2.24) is 0 Å². The first-order chi connectivity index (χ1) is 13.7. The van der Waals surface area contributed by atoms with Crippen LogP contribution in [-0.2, 0) is 9.59 Å². The average Bonchev–Trinajstić information content (AvgIpc) is 2.73. The van der Waals surface area contributed by atoms with Gasteiger partial charge in [0.25, 0.3) is 0 Å². The highest BCUT2D eigenvalue weighted by Crippen LogP contribution is 2.10. The monoisotopic (exact) mass is 368 g/mol. The number of benzene rings is 3. The molecule has 2 N–H and O–H groups in total. The first kappa shape index (κ1) is 18.9. The van der Waals surface area contributed by atoms with E-state index in [4.69, 9.17) is 0 Å². The van der Waals surface area contributed by atoms with E-state index in [1.54, 1.807) is 12.2 Å². The molecule has 0 aliphatic rings. The molecule has 0 saturated carbocycles. The average molecular weight is 368 g/mol. The first-order valence-electron chi connectivity index (χ1n) is 8.87. The molecular weight excluding hydrogens is 348 g/mol. The Morgan fingerprint density at radius 1 is 0.536 bits per heavy atom. The van der Waals surface area contributed by atoms with Crippen LogP contribution in [0, 0.1) is 0 Å². The third kappa shape index (κ3) is 6.11. The lowest BCUT2D eigenvalue weighted by molar-refractivity contribution is -0.112. The number of nitrogens with one attached hydrogen (secondary N) is 2. The van der Waals surface area contributed by atoms with Crippen molar-refractivity contribution in [2.45, 2.75) is 0 Å². The largest absolute Gasteiger partial charge is 0.323 e. The van der Waals surface area contributed by atoms with E-state index >= 15 is 0 Å². The highest BCUT2D eigenvalue weighted by Gasteiger charge is 1.98. The van der Waals surface area contributed by atoms with Crippen LogP contribution < -0.4 is 10.6 Å². The Morgan fingerprint density at radius 3 is 1.25 bits per heavy atom. The fourth-order valence-corrected chi connectivity index (χ4v) is 2.47. The van der Waals surface area contributed by atoms with Crippen molar-refractivity contribution in [2.24, 2.45) is 0 Å². The van der Waals surface area contributed by atoms with Gasteiger partial charge in [-0.25, -0.2) is 0 Å². The molecule has 3 rings (SSSR count). The molecule has 4 heteroatoms. The molecule has 0 unspecified atom stereocenters. The summed E-state index contributed by atoms with van der Waals surface area (Å²) in [6.45, 7) is 0. The summed E-state index contributed by atoms with van der Waals surface area (Å²) in [7, 11) is 0. The van der Waals surface area contributed by atoms with Gasteiger partial charge in [0.15, 0.2) is 0 Å². The van der Waals surface area contributed by atoms with Gasteiger partial charge in [0, 0.05) is 23.5 Å². The second-order valence-electron chi connectivity index (χ2n) is 6.04. The Balaban J connectivity index is 1.53. The molecule has 0 aliphatic heterocycles. The Morgan fingerprint density at radius 2 is 0.893 bits per heavy atom. The topological polar surface area (TPSA) is 58.2 Å². The number of hydrogen-bond acceptors (Lipinski definition) is 2. The molecule has 3 aromatic carbocycles. The van der Waals surface area contributed by atoms with Crippen LogP contribution in [0.5, 0.6) is 0 Å². The van der Waals surface area contributed by atoms with Crippen molar-refractivity contribution in [3.8, 4) is 0 Å². The van der Waals surface area contributed by atoms with Gasteiger partial charge in [0.2, 0.25) is 11.8 Å². The van der Waals surface area contributed by atoms with Crippen molar-refractivity contribution < 1.29 is 9.59 Å².